The summed E-state index contributed by atoms with van der Waals surface area (Å²) in [6, 6.07) is 19.7. The molecule has 0 radical (unpaired) electrons. The lowest BCUT2D eigenvalue weighted by Crippen LogP contribution is -2.28. The van der Waals surface area contributed by atoms with Crippen LogP contribution in [0.2, 0.25) is 0 Å². The van der Waals surface area contributed by atoms with Crippen LogP contribution in [0.3, 0.4) is 0 Å². The average molecular weight is 372 g/mol. The van der Waals surface area contributed by atoms with Crippen molar-refractivity contribution < 1.29 is 9.53 Å². The number of amides is 1. The number of nitrogens with zero attached hydrogens (tertiary/aromatic N) is 3. The van der Waals surface area contributed by atoms with Crippen LogP contribution in [0.1, 0.15) is 0 Å². The lowest BCUT2D eigenvalue weighted by Gasteiger charge is -2.09. The van der Waals surface area contributed by atoms with Gasteiger partial charge in [-0.3, -0.25) is 14.2 Å². The van der Waals surface area contributed by atoms with Gasteiger partial charge in [-0.2, -0.15) is 0 Å². The lowest BCUT2D eigenvalue weighted by atomic mass is 10.3. The second-order valence-electron chi connectivity index (χ2n) is 6.04. The van der Waals surface area contributed by atoms with E-state index >= 15 is 0 Å². The molecule has 0 atom stereocenters. The van der Waals surface area contributed by atoms with E-state index in [4.69, 9.17) is 4.74 Å². The van der Waals surface area contributed by atoms with E-state index in [-0.39, 0.29) is 18.0 Å². The number of rotatable bonds is 5. The van der Waals surface area contributed by atoms with Crippen LogP contribution in [-0.4, -0.2) is 20.4 Å². The highest BCUT2D eigenvalue weighted by molar-refractivity contribution is 5.90. The summed E-state index contributed by atoms with van der Waals surface area (Å²) in [6.07, 6.45) is 2.89. The lowest BCUT2D eigenvalue weighted by molar-refractivity contribution is -0.116. The Labute approximate surface area is 160 Å². The van der Waals surface area contributed by atoms with Gasteiger partial charge in [-0.25, -0.2) is 9.97 Å². The summed E-state index contributed by atoms with van der Waals surface area (Å²) in [5.74, 6) is 1.06. The highest BCUT2D eigenvalue weighted by Gasteiger charge is 2.09. The predicted octanol–water partition coefficient (Wildman–Crippen LogP) is 3.22. The number of pyridine rings is 1. The first kappa shape index (κ1) is 17.4. The highest BCUT2D eigenvalue weighted by Crippen LogP contribution is 2.22. The molecule has 0 unspecified atom stereocenters. The van der Waals surface area contributed by atoms with Gasteiger partial charge in [0.05, 0.1) is 5.39 Å². The molecule has 0 bridgehead atoms. The molecule has 0 aliphatic heterocycles. The van der Waals surface area contributed by atoms with E-state index in [1.807, 2.05) is 30.3 Å². The Bertz CT molecular complexity index is 1170. The molecule has 1 amide bonds. The van der Waals surface area contributed by atoms with Crippen molar-refractivity contribution in [3.8, 4) is 11.5 Å². The maximum absolute atomic E-state index is 12.4. The van der Waals surface area contributed by atoms with Crippen molar-refractivity contribution in [1.29, 1.82) is 0 Å². The molecule has 2 heterocycles. The van der Waals surface area contributed by atoms with Crippen molar-refractivity contribution in [2.45, 2.75) is 6.54 Å². The number of fused-ring (bicyclic) bond motifs is 1. The van der Waals surface area contributed by atoms with Crippen molar-refractivity contribution in [2.24, 2.45) is 0 Å². The van der Waals surface area contributed by atoms with E-state index < -0.39 is 0 Å². The van der Waals surface area contributed by atoms with Gasteiger partial charge >= 0.3 is 0 Å². The Morgan fingerprint density at radius 1 is 0.929 bits per heavy atom. The quantitative estimate of drug-likeness (QED) is 0.581. The summed E-state index contributed by atoms with van der Waals surface area (Å²) < 4.78 is 6.97. The van der Waals surface area contributed by atoms with E-state index in [1.54, 1.807) is 42.6 Å². The maximum Gasteiger partial charge on any atom is 0.263 e. The average Bonchev–Trinajstić information content (AvgIpc) is 2.72. The standard InChI is InChI=1S/C21H16N4O3/c26-19(13-25-14-23-20-18(21(25)27)7-4-12-22-20)24-15-8-10-17(11-9-15)28-16-5-2-1-3-6-16/h1-12,14H,13H2,(H,24,26). The summed E-state index contributed by atoms with van der Waals surface area (Å²) in [5.41, 5.74) is 0.659. The minimum Gasteiger partial charge on any atom is -0.457 e. The molecule has 4 rings (SSSR count). The smallest absolute Gasteiger partial charge is 0.263 e. The number of hydrogen-bond donors (Lipinski definition) is 1. The molecule has 28 heavy (non-hydrogen) atoms. The van der Waals surface area contributed by atoms with Gasteiger partial charge in [0, 0.05) is 11.9 Å². The Hall–Kier alpha value is -4.00. The van der Waals surface area contributed by atoms with E-state index in [0.717, 1.165) is 5.75 Å². The van der Waals surface area contributed by atoms with E-state index in [2.05, 4.69) is 15.3 Å². The SMILES string of the molecule is O=C(Cn1cnc2ncccc2c1=O)Nc1ccc(Oc2ccccc2)cc1. The number of ether oxygens (including phenoxy) is 1. The number of para-hydroxylation sites is 1. The number of nitrogens with one attached hydrogen (secondary N) is 1. The number of benzene rings is 2. The zero-order valence-corrected chi connectivity index (χ0v) is 14.8. The van der Waals surface area contributed by atoms with E-state index in [9.17, 15) is 9.59 Å². The van der Waals surface area contributed by atoms with Gasteiger partial charge in [0.15, 0.2) is 5.65 Å². The molecular weight excluding hydrogens is 356 g/mol. The summed E-state index contributed by atoms with van der Waals surface area (Å²) in [7, 11) is 0. The second kappa shape index (κ2) is 7.71. The van der Waals surface area contributed by atoms with Crippen LogP contribution in [0.15, 0.2) is 84.0 Å². The molecule has 0 spiro atoms. The third-order valence-electron chi connectivity index (χ3n) is 4.03. The van der Waals surface area contributed by atoms with Crippen molar-refractivity contribution in [3.63, 3.8) is 0 Å². The fraction of sp³-hybridized carbons (Fsp3) is 0.0476. The van der Waals surface area contributed by atoms with Crippen molar-refractivity contribution >= 4 is 22.6 Å². The number of carbonyl (C=O) groups excluding carboxylic acids is 1. The van der Waals surface area contributed by atoms with E-state index in [0.29, 0.717) is 22.5 Å². The van der Waals surface area contributed by atoms with Gasteiger partial charge in [-0.15, -0.1) is 0 Å². The molecule has 2 aromatic carbocycles. The van der Waals surface area contributed by atoms with Crippen molar-refractivity contribution in [2.75, 3.05) is 5.32 Å². The summed E-state index contributed by atoms with van der Waals surface area (Å²) >= 11 is 0. The summed E-state index contributed by atoms with van der Waals surface area (Å²) in [5, 5.41) is 3.13. The third-order valence-corrected chi connectivity index (χ3v) is 4.03. The van der Waals surface area contributed by atoms with Crippen LogP contribution >= 0.6 is 0 Å². The molecule has 0 saturated heterocycles. The van der Waals surface area contributed by atoms with Crippen LogP contribution in [0, 0.1) is 0 Å². The Kier molecular flexibility index (Phi) is 4.79. The molecule has 4 aromatic rings. The summed E-state index contributed by atoms with van der Waals surface area (Å²) in [6.45, 7) is -0.140. The van der Waals surface area contributed by atoms with Crippen LogP contribution in [0.5, 0.6) is 11.5 Å². The normalized spacial score (nSPS) is 10.6. The molecule has 0 aliphatic rings. The van der Waals surface area contributed by atoms with Gasteiger partial charge < -0.3 is 10.1 Å². The van der Waals surface area contributed by atoms with E-state index in [1.165, 1.54) is 10.9 Å². The zero-order chi connectivity index (χ0) is 19.3. The highest BCUT2D eigenvalue weighted by atomic mass is 16.5. The first-order chi connectivity index (χ1) is 13.7. The third kappa shape index (κ3) is 3.88. The van der Waals surface area contributed by atoms with Crippen LogP contribution in [0.25, 0.3) is 11.0 Å². The van der Waals surface area contributed by atoms with Crippen LogP contribution in [0.4, 0.5) is 5.69 Å². The molecule has 138 valence electrons. The predicted molar refractivity (Wildman–Crippen MR) is 105 cm³/mol. The van der Waals surface area contributed by atoms with Crippen LogP contribution < -0.4 is 15.6 Å². The molecule has 0 aliphatic carbocycles. The number of carbonyl (C=O) groups is 1. The molecule has 1 N–H and O–H groups in total. The van der Waals surface area contributed by atoms with Crippen molar-refractivity contribution in [3.05, 3.63) is 89.6 Å². The van der Waals surface area contributed by atoms with Gasteiger partial charge in [0.1, 0.15) is 24.4 Å². The molecule has 7 heteroatoms. The first-order valence-electron chi connectivity index (χ1n) is 8.62. The zero-order valence-electron chi connectivity index (χ0n) is 14.8. The molecule has 0 fully saturated rings. The van der Waals surface area contributed by atoms with Gasteiger partial charge in [0.2, 0.25) is 5.91 Å². The number of aromatic nitrogens is 3. The largest absolute Gasteiger partial charge is 0.457 e. The minimum atomic E-state index is -0.330. The second-order valence-corrected chi connectivity index (χ2v) is 6.04. The molecule has 2 aromatic heterocycles. The maximum atomic E-state index is 12.4. The fourth-order valence-electron chi connectivity index (χ4n) is 2.70. The monoisotopic (exact) mass is 372 g/mol. The van der Waals surface area contributed by atoms with Gasteiger partial charge in [-0.1, -0.05) is 18.2 Å². The first-order valence-corrected chi connectivity index (χ1v) is 8.62. The Balaban J connectivity index is 1.43. The van der Waals surface area contributed by atoms with Crippen molar-refractivity contribution in [1.82, 2.24) is 14.5 Å². The minimum absolute atomic E-state index is 0.140. The Morgan fingerprint density at radius 2 is 1.68 bits per heavy atom. The van der Waals surface area contributed by atoms with Gasteiger partial charge in [0.25, 0.3) is 5.56 Å². The number of anilines is 1. The summed E-state index contributed by atoms with van der Waals surface area (Å²) in [4.78, 5) is 32.9. The fourth-order valence-corrected chi connectivity index (χ4v) is 2.70. The number of hydrogen-bond acceptors (Lipinski definition) is 5. The molecular formula is C21H16N4O3. The van der Waals surface area contributed by atoms with Crippen LogP contribution in [-0.2, 0) is 11.3 Å². The van der Waals surface area contributed by atoms with Gasteiger partial charge in [-0.05, 0) is 48.5 Å². The Morgan fingerprint density at radius 3 is 2.46 bits per heavy atom. The topological polar surface area (TPSA) is 86.1 Å². The molecule has 7 nitrogen and oxygen atoms in total. The molecule has 0 saturated carbocycles.